The highest BCUT2D eigenvalue weighted by atomic mass is 35.5. The summed E-state index contributed by atoms with van der Waals surface area (Å²) in [5.41, 5.74) is 1.21. The molecular formula is C9H12ClNS. The van der Waals surface area contributed by atoms with E-state index in [9.17, 15) is 0 Å². The van der Waals surface area contributed by atoms with Gasteiger partial charge in [0.2, 0.25) is 0 Å². The second-order valence-electron chi connectivity index (χ2n) is 3.25. The van der Waals surface area contributed by atoms with E-state index < -0.39 is 0 Å². The van der Waals surface area contributed by atoms with Crippen LogP contribution in [-0.2, 0) is 0 Å². The maximum absolute atomic E-state index is 6.16. The maximum Gasteiger partial charge on any atom is 0.0590 e. The van der Waals surface area contributed by atoms with Gasteiger partial charge in [-0.25, -0.2) is 0 Å². The summed E-state index contributed by atoms with van der Waals surface area (Å²) in [5, 5.41) is 6.56. The molecule has 1 aliphatic heterocycles. The number of aryl methyl sites for hydroxylation is 1. The van der Waals surface area contributed by atoms with Gasteiger partial charge in [0, 0.05) is 10.9 Å². The van der Waals surface area contributed by atoms with Crippen LogP contribution in [0.2, 0.25) is 5.02 Å². The molecule has 12 heavy (non-hydrogen) atoms. The fourth-order valence-corrected chi connectivity index (χ4v) is 3.03. The van der Waals surface area contributed by atoms with Crippen LogP contribution in [0.4, 0.5) is 0 Å². The Kier molecular flexibility index (Phi) is 2.40. The van der Waals surface area contributed by atoms with Crippen molar-refractivity contribution in [1.82, 2.24) is 5.32 Å². The number of nitrogens with one attached hydrogen (secondary N) is 1. The normalized spacial score (nSPS) is 23.3. The Morgan fingerprint density at radius 2 is 2.50 bits per heavy atom. The van der Waals surface area contributed by atoms with Gasteiger partial charge in [0.1, 0.15) is 0 Å². The van der Waals surface area contributed by atoms with Gasteiger partial charge in [-0.05, 0) is 37.3 Å². The zero-order chi connectivity index (χ0) is 8.55. The number of thiophene rings is 1. The van der Waals surface area contributed by atoms with E-state index in [1.54, 1.807) is 11.3 Å². The van der Waals surface area contributed by atoms with Crippen molar-refractivity contribution in [2.75, 3.05) is 6.54 Å². The highest BCUT2D eigenvalue weighted by Gasteiger charge is 2.20. The topological polar surface area (TPSA) is 12.0 Å². The SMILES string of the molecule is Cc1csc(C2CCCN2)c1Cl. The van der Waals surface area contributed by atoms with E-state index in [0.717, 1.165) is 11.6 Å². The van der Waals surface area contributed by atoms with Gasteiger partial charge >= 0.3 is 0 Å². The monoisotopic (exact) mass is 201 g/mol. The molecular weight excluding hydrogens is 190 g/mol. The van der Waals surface area contributed by atoms with Crippen molar-refractivity contribution in [2.24, 2.45) is 0 Å². The van der Waals surface area contributed by atoms with E-state index in [-0.39, 0.29) is 0 Å². The van der Waals surface area contributed by atoms with E-state index in [2.05, 4.69) is 17.6 Å². The summed E-state index contributed by atoms with van der Waals surface area (Å²) in [6, 6.07) is 0.524. The van der Waals surface area contributed by atoms with E-state index in [0.29, 0.717) is 6.04 Å². The lowest BCUT2D eigenvalue weighted by Crippen LogP contribution is -2.11. The quantitative estimate of drug-likeness (QED) is 0.736. The van der Waals surface area contributed by atoms with E-state index in [1.807, 2.05) is 0 Å². The maximum atomic E-state index is 6.16. The zero-order valence-corrected chi connectivity index (χ0v) is 8.63. The first kappa shape index (κ1) is 8.54. The Morgan fingerprint density at radius 1 is 1.67 bits per heavy atom. The van der Waals surface area contributed by atoms with Gasteiger partial charge in [0.25, 0.3) is 0 Å². The molecule has 66 valence electrons. The average molecular weight is 202 g/mol. The summed E-state index contributed by atoms with van der Waals surface area (Å²) >= 11 is 7.94. The second-order valence-corrected chi connectivity index (χ2v) is 4.54. The molecule has 1 atom stereocenters. The van der Waals surface area contributed by atoms with E-state index in [1.165, 1.54) is 23.3 Å². The van der Waals surface area contributed by atoms with Crippen molar-refractivity contribution < 1.29 is 0 Å². The van der Waals surface area contributed by atoms with Crippen molar-refractivity contribution in [3.63, 3.8) is 0 Å². The average Bonchev–Trinajstić information content (AvgIpc) is 2.64. The molecule has 1 aliphatic rings. The molecule has 1 aromatic rings. The van der Waals surface area contributed by atoms with Gasteiger partial charge in [-0.15, -0.1) is 11.3 Å². The van der Waals surface area contributed by atoms with Crippen LogP contribution in [0.25, 0.3) is 0 Å². The molecule has 1 unspecified atom stereocenters. The van der Waals surface area contributed by atoms with Gasteiger partial charge in [-0.2, -0.15) is 0 Å². The van der Waals surface area contributed by atoms with Gasteiger partial charge in [0.15, 0.2) is 0 Å². The minimum atomic E-state index is 0.524. The lowest BCUT2D eigenvalue weighted by molar-refractivity contribution is 0.660. The predicted octanol–water partition coefficient (Wildman–Crippen LogP) is 3.13. The first-order valence-electron chi connectivity index (χ1n) is 4.26. The highest BCUT2D eigenvalue weighted by Crippen LogP contribution is 2.35. The fourth-order valence-electron chi connectivity index (χ4n) is 1.59. The third kappa shape index (κ3) is 1.39. The molecule has 1 nitrogen and oxygen atoms in total. The summed E-state index contributed by atoms with van der Waals surface area (Å²) in [4.78, 5) is 1.33. The Balaban J connectivity index is 2.26. The van der Waals surface area contributed by atoms with Crippen molar-refractivity contribution in [3.8, 4) is 0 Å². The summed E-state index contributed by atoms with van der Waals surface area (Å²) < 4.78 is 0. The number of halogens is 1. The lowest BCUT2D eigenvalue weighted by atomic mass is 10.2. The van der Waals surface area contributed by atoms with Crippen LogP contribution >= 0.6 is 22.9 Å². The van der Waals surface area contributed by atoms with Gasteiger partial charge in [-0.1, -0.05) is 11.6 Å². The molecule has 0 saturated carbocycles. The van der Waals surface area contributed by atoms with Gasteiger partial charge in [-0.3, -0.25) is 0 Å². The van der Waals surface area contributed by atoms with E-state index >= 15 is 0 Å². The van der Waals surface area contributed by atoms with E-state index in [4.69, 9.17) is 11.6 Å². The molecule has 1 aromatic heterocycles. The van der Waals surface area contributed by atoms with Crippen LogP contribution in [0.15, 0.2) is 5.38 Å². The molecule has 2 heterocycles. The standard InChI is InChI=1S/C9H12ClNS/c1-6-5-12-9(8(6)10)7-3-2-4-11-7/h5,7,11H,2-4H2,1H3. The first-order chi connectivity index (χ1) is 5.79. The van der Waals surface area contributed by atoms with Gasteiger partial charge in [0.05, 0.1) is 5.02 Å². The summed E-state index contributed by atoms with van der Waals surface area (Å²) in [6.45, 7) is 3.20. The van der Waals surface area contributed by atoms with Crippen LogP contribution in [0.3, 0.4) is 0 Å². The molecule has 0 aliphatic carbocycles. The smallest absolute Gasteiger partial charge is 0.0590 e. The Morgan fingerprint density at radius 3 is 3.00 bits per heavy atom. The minimum absolute atomic E-state index is 0.524. The van der Waals surface area contributed by atoms with Crippen molar-refractivity contribution in [1.29, 1.82) is 0 Å². The Hall–Kier alpha value is -0.0500. The molecule has 3 heteroatoms. The molecule has 0 aromatic carbocycles. The Labute approximate surface area is 81.7 Å². The number of rotatable bonds is 1. The van der Waals surface area contributed by atoms with Crippen molar-refractivity contribution >= 4 is 22.9 Å². The largest absolute Gasteiger partial charge is 0.309 e. The van der Waals surface area contributed by atoms with Crippen LogP contribution in [0.1, 0.15) is 29.3 Å². The van der Waals surface area contributed by atoms with Crippen LogP contribution < -0.4 is 5.32 Å². The molecule has 1 N–H and O–H groups in total. The lowest BCUT2D eigenvalue weighted by Gasteiger charge is -2.07. The molecule has 1 saturated heterocycles. The Bertz CT molecular complexity index is 276. The van der Waals surface area contributed by atoms with Crippen molar-refractivity contribution in [3.05, 3.63) is 20.8 Å². The minimum Gasteiger partial charge on any atom is -0.309 e. The third-order valence-electron chi connectivity index (χ3n) is 2.30. The molecule has 2 rings (SSSR count). The fraction of sp³-hybridized carbons (Fsp3) is 0.556. The number of hydrogen-bond donors (Lipinski definition) is 1. The summed E-state index contributed by atoms with van der Waals surface area (Å²) in [5.74, 6) is 0. The zero-order valence-electron chi connectivity index (χ0n) is 7.06. The van der Waals surface area contributed by atoms with Crippen molar-refractivity contribution in [2.45, 2.75) is 25.8 Å². The third-order valence-corrected chi connectivity index (χ3v) is 4.13. The van der Waals surface area contributed by atoms with Crippen LogP contribution in [-0.4, -0.2) is 6.54 Å². The summed E-state index contributed by atoms with van der Waals surface area (Å²) in [7, 11) is 0. The van der Waals surface area contributed by atoms with Gasteiger partial charge < -0.3 is 5.32 Å². The molecule has 0 radical (unpaired) electrons. The number of hydrogen-bond acceptors (Lipinski definition) is 2. The van der Waals surface area contributed by atoms with Crippen LogP contribution in [0.5, 0.6) is 0 Å². The predicted molar refractivity (Wildman–Crippen MR) is 54.0 cm³/mol. The summed E-state index contributed by atoms with van der Waals surface area (Å²) in [6.07, 6.45) is 2.51. The first-order valence-corrected chi connectivity index (χ1v) is 5.51. The highest BCUT2D eigenvalue weighted by molar-refractivity contribution is 7.10. The molecule has 1 fully saturated rings. The second kappa shape index (κ2) is 3.36. The molecule has 0 spiro atoms. The molecule has 0 bridgehead atoms. The van der Waals surface area contributed by atoms with Crippen LogP contribution in [0, 0.1) is 6.92 Å². The molecule has 0 amide bonds.